The minimum atomic E-state index is -0.213. The molecule has 2 aromatic rings. The summed E-state index contributed by atoms with van der Waals surface area (Å²) in [5.41, 5.74) is 0.974. The molecule has 6 heteroatoms. The van der Waals surface area contributed by atoms with Crippen molar-refractivity contribution < 1.29 is 4.79 Å². The molecule has 0 radical (unpaired) electrons. The van der Waals surface area contributed by atoms with E-state index in [-0.39, 0.29) is 11.6 Å². The molecule has 126 valence electrons. The highest BCUT2D eigenvalue weighted by Gasteiger charge is 2.39. The van der Waals surface area contributed by atoms with Crippen LogP contribution < -0.4 is 10.6 Å². The summed E-state index contributed by atoms with van der Waals surface area (Å²) in [6, 6.07) is 10.1. The van der Waals surface area contributed by atoms with Gasteiger partial charge in [0.1, 0.15) is 5.82 Å². The van der Waals surface area contributed by atoms with Gasteiger partial charge in [0.25, 0.3) is 0 Å². The van der Waals surface area contributed by atoms with Gasteiger partial charge in [0.05, 0.1) is 12.1 Å². The number of hydrogen-bond donors (Lipinski definition) is 2. The quantitative estimate of drug-likeness (QED) is 0.907. The van der Waals surface area contributed by atoms with E-state index >= 15 is 0 Å². The number of carbonyl (C=O) groups excluding carboxylic acids is 1. The third-order valence-corrected chi connectivity index (χ3v) is 5.23. The lowest BCUT2D eigenvalue weighted by molar-refractivity contribution is 0.177. The Labute approximate surface area is 141 Å². The Bertz CT molecular complexity index is 720. The monoisotopic (exact) mass is 325 g/mol. The fourth-order valence-corrected chi connectivity index (χ4v) is 3.69. The number of benzene rings is 1. The summed E-state index contributed by atoms with van der Waals surface area (Å²) < 4.78 is 2.14. The Kier molecular flexibility index (Phi) is 3.96. The molecule has 24 heavy (non-hydrogen) atoms. The molecule has 2 amide bonds. The van der Waals surface area contributed by atoms with Crippen LogP contribution in [-0.4, -0.2) is 20.8 Å². The predicted octanol–water partition coefficient (Wildman–Crippen LogP) is 2.49. The second-order valence-corrected chi connectivity index (χ2v) is 6.75. The molecule has 0 saturated heterocycles. The summed E-state index contributed by atoms with van der Waals surface area (Å²) in [6.45, 7) is 1.37. The first-order valence-electron chi connectivity index (χ1n) is 8.79. The molecule has 4 rings (SSSR count). The number of aromatic nitrogens is 3. The van der Waals surface area contributed by atoms with Gasteiger partial charge in [0.15, 0.2) is 5.82 Å². The average molecular weight is 325 g/mol. The molecule has 1 fully saturated rings. The molecule has 6 nitrogen and oxygen atoms in total. The van der Waals surface area contributed by atoms with Gasteiger partial charge in [-0.3, -0.25) is 0 Å². The number of nitrogens with one attached hydrogen (secondary N) is 2. The molecule has 2 aliphatic rings. The normalized spacial score (nSPS) is 18.3. The van der Waals surface area contributed by atoms with Gasteiger partial charge in [-0.1, -0.05) is 30.3 Å². The second kappa shape index (κ2) is 6.26. The van der Waals surface area contributed by atoms with E-state index < -0.39 is 0 Å². The lowest BCUT2D eigenvalue weighted by Crippen LogP contribution is -2.53. The van der Waals surface area contributed by atoms with Crippen LogP contribution in [0.25, 0.3) is 0 Å². The van der Waals surface area contributed by atoms with Crippen molar-refractivity contribution >= 4 is 6.03 Å². The molecule has 0 unspecified atom stereocenters. The van der Waals surface area contributed by atoms with E-state index in [4.69, 9.17) is 0 Å². The van der Waals surface area contributed by atoms with E-state index in [0.717, 1.165) is 50.3 Å². The summed E-state index contributed by atoms with van der Waals surface area (Å²) in [4.78, 5) is 12.4. The topological polar surface area (TPSA) is 71.8 Å². The fourth-order valence-electron chi connectivity index (χ4n) is 3.69. The Hall–Kier alpha value is -2.37. The summed E-state index contributed by atoms with van der Waals surface area (Å²) >= 11 is 0. The Morgan fingerprint density at radius 2 is 1.96 bits per heavy atom. The van der Waals surface area contributed by atoms with Gasteiger partial charge >= 0.3 is 6.03 Å². The lowest BCUT2D eigenvalue weighted by atomic mass is 9.72. The standard InChI is InChI=1S/C18H23N5O/c24-17(19-13-16-22-21-15-9-4-5-12-23(15)16)20-18(10-6-11-18)14-7-2-1-3-8-14/h1-3,7-8H,4-6,9-13H2,(H2,19,20,24). The highest BCUT2D eigenvalue weighted by molar-refractivity contribution is 5.75. The zero-order valence-electron chi connectivity index (χ0n) is 13.8. The molecular formula is C18H23N5O. The van der Waals surface area contributed by atoms with Crippen molar-refractivity contribution in [2.24, 2.45) is 0 Å². The number of rotatable bonds is 4. The van der Waals surface area contributed by atoms with Crippen LogP contribution in [0.4, 0.5) is 4.79 Å². The number of hydrogen-bond acceptors (Lipinski definition) is 3. The Morgan fingerprint density at radius 3 is 2.71 bits per heavy atom. The van der Waals surface area contributed by atoms with Gasteiger partial charge in [0, 0.05) is 13.0 Å². The number of nitrogens with zero attached hydrogens (tertiary/aromatic N) is 3. The first-order valence-corrected chi connectivity index (χ1v) is 8.79. The molecular weight excluding hydrogens is 302 g/mol. The minimum absolute atomic E-state index is 0.133. The third kappa shape index (κ3) is 2.77. The van der Waals surface area contributed by atoms with E-state index in [2.05, 4.69) is 37.5 Å². The van der Waals surface area contributed by atoms with Crippen LogP contribution in [0.5, 0.6) is 0 Å². The minimum Gasteiger partial charge on any atom is -0.331 e. The van der Waals surface area contributed by atoms with Crippen LogP contribution in [0, 0.1) is 0 Å². The van der Waals surface area contributed by atoms with Crippen LogP contribution in [0.1, 0.15) is 49.3 Å². The molecule has 0 bridgehead atoms. The largest absolute Gasteiger partial charge is 0.331 e. The summed E-state index contributed by atoms with van der Waals surface area (Å²) in [5.74, 6) is 1.89. The van der Waals surface area contributed by atoms with Gasteiger partial charge in [-0.25, -0.2) is 4.79 Å². The van der Waals surface area contributed by atoms with Crippen LogP contribution >= 0.6 is 0 Å². The first-order chi connectivity index (χ1) is 11.8. The maximum absolute atomic E-state index is 12.4. The van der Waals surface area contributed by atoms with Crippen molar-refractivity contribution in [1.29, 1.82) is 0 Å². The maximum Gasteiger partial charge on any atom is 0.315 e. The number of urea groups is 1. The molecule has 1 saturated carbocycles. The van der Waals surface area contributed by atoms with E-state index in [1.165, 1.54) is 12.0 Å². The zero-order valence-corrected chi connectivity index (χ0v) is 13.8. The highest BCUT2D eigenvalue weighted by atomic mass is 16.2. The molecule has 1 aromatic carbocycles. The van der Waals surface area contributed by atoms with Crippen LogP contribution in [0.15, 0.2) is 30.3 Å². The molecule has 2 N–H and O–H groups in total. The van der Waals surface area contributed by atoms with Crippen molar-refractivity contribution in [3.8, 4) is 0 Å². The molecule has 1 aliphatic heterocycles. The van der Waals surface area contributed by atoms with Gasteiger partial charge in [-0.2, -0.15) is 0 Å². The lowest BCUT2D eigenvalue weighted by Gasteiger charge is -2.43. The molecule has 1 aliphatic carbocycles. The van der Waals surface area contributed by atoms with Gasteiger partial charge in [0.2, 0.25) is 0 Å². The van der Waals surface area contributed by atoms with Crippen molar-refractivity contribution in [1.82, 2.24) is 25.4 Å². The summed E-state index contributed by atoms with van der Waals surface area (Å²) in [7, 11) is 0. The fraction of sp³-hybridized carbons (Fsp3) is 0.500. The molecule has 2 heterocycles. The molecule has 0 spiro atoms. The summed E-state index contributed by atoms with van der Waals surface area (Å²) in [5, 5.41) is 14.6. The third-order valence-electron chi connectivity index (χ3n) is 5.23. The average Bonchev–Trinajstić information content (AvgIpc) is 3.00. The van der Waals surface area contributed by atoms with E-state index in [1.54, 1.807) is 0 Å². The second-order valence-electron chi connectivity index (χ2n) is 6.75. The number of fused-ring (bicyclic) bond motifs is 1. The predicted molar refractivity (Wildman–Crippen MR) is 90.3 cm³/mol. The Morgan fingerprint density at radius 1 is 1.12 bits per heavy atom. The SMILES string of the molecule is O=C(NCc1nnc2n1CCCC2)NC1(c2ccccc2)CCC1. The van der Waals surface area contributed by atoms with Crippen molar-refractivity contribution in [2.45, 2.75) is 57.2 Å². The maximum atomic E-state index is 12.4. The number of carbonyl (C=O) groups is 1. The highest BCUT2D eigenvalue weighted by Crippen LogP contribution is 2.41. The van der Waals surface area contributed by atoms with E-state index in [1.807, 2.05) is 18.2 Å². The van der Waals surface area contributed by atoms with Crippen LogP contribution in [-0.2, 0) is 25.0 Å². The van der Waals surface area contributed by atoms with Gasteiger partial charge in [-0.05, 0) is 37.7 Å². The van der Waals surface area contributed by atoms with Crippen molar-refractivity contribution in [2.75, 3.05) is 0 Å². The number of aryl methyl sites for hydroxylation is 1. The van der Waals surface area contributed by atoms with Gasteiger partial charge in [-0.15, -0.1) is 10.2 Å². The van der Waals surface area contributed by atoms with Crippen molar-refractivity contribution in [3.05, 3.63) is 47.5 Å². The summed E-state index contributed by atoms with van der Waals surface area (Å²) in [6.07, 6.45) is 6.44. The van der Waals surface area contributed by atoms with Crippen molar-refractivity contribution in [3.63, 3.8) is 0 Å². The molecule has 0 atom stereocenters. The molecule has 1 aromatic heterocycles. The van der Waals surface area contributed by atoms with E-state index in [0.29, 0.717) is 6.54 Å². The first kappa shape index (κ1) is 15.2. The zero-order chi connectivity index (χ0) is 16.4. The number of amides is 2. The Balaban J connectivity index is 1.39. The van der Waals surface area contributed by atoms with Crippen LogP contribution in [0.2, 0.25) is 0 Å². The smallest absolute Gasteiger partial charge is 0.315 e. The van der Waals surface area contributed by atoms with E-state index in [9.17, 15) is 4.79 Å². The van der Waals surface area contributed by atoms with Gasteiger partial charge < -0.3 is 15.2 Å². The van der Waals surface area contributed by atoms with Crippen LogP contribution in [0.3, 0.4) is 0 Å².